The highest BCUT2D eigenvalue weighted by Gasteiger charge is 2.40. The molecule has 0 aromatic heterocycles. The lowest BCUT2D eigenvalue weighted by Gasteiger charge is -2.27. The second kappa shape index (κ2) is 5.92. The number of carbonyl (C=O) groups excluding carboxylic acids is 3. The predicted molar refractivity (Wildman–Crippen MR) is 88.6 cm³/mol. The van der Waals surface area contributed by atoms with E-state index in [0.717, 1.165) is 31.5 Å². The average Bonchev–Trinajstić information content (AvgIpc) is 3.13. The molecule has 2 bridgehead atoms. The van der Waals surface area contributed by atoms with Crippen LogP contribution in [0.2, 0.25) is 0 Å². The highest BCUT2D eigenvalue weighted by atomic mass is 16.2. The first kappa shape index (κ1) is 15.2. The molecule has 3 amide bonds. The molecule has 0 aliphatic carbocycles. The number of nitrogens with zero attached hydrogens (tertiary/aromatic N) is 2. The van der Waals surface area contributed by atoms with Crippen LogP contribution in [0.1, 0.15) is 42.5 Å². The number of carbonyl (C=O) groups is 3. The maximum atomic E-state index is 12.9. The van der Waals surface area contributed by atoms with Crippen LogP contribution >= 0.6 is 0 Å². The second-order valence-corrected chi connectivity index (χ2v) is 6.80. The maximum Gasteiger partial charge on any atom is 0.254 e. The van der Waals surface area contributed by atoms with Gasteiger partial charge in [0.2, 0.25) is 11.8 Å². The largest absolute Gasteiger partial charge is 0.354 e. The van der Waals surface area contributed by atoms with Crippen molar-refractivity contribution in [1.29, 1.82) is 0 Å². The lowest BCUT2D eigenvalue weighted by molar-refractivity contribution is -0.121. The number of hydrogen-bond acceptors (Lipinski definition) is 3. The first-order valence-corrected chi connectivity index (χ1v) is 8.63. The van der Waals surface area contributed by atoms with Gasteiger partial charge in [0.05, 0.1) is 0 Å². The van der Waals surface area contributed by atoms with E-state index in [1.807, 2.05) is 17.0 Å². The first-order valence-electron chi connectivity index (χ1n) is 8.63. The quantitative estimate of drug-likeness (QED) is 0.890. The zero-order valence-corrected chi connectivity index (χ0v) is 13.5. The van der Waals surface area contributed by atoms with Gasteiger partial charge in [-0.3, -0.25) is 14.4 Å². The number of rotatable bonds is 2. The first-order chi connectivity index (χ1) is 11.6. The summed E-state index contributed by atoms with van der Waals surface area (Å²) in [6.07, 6.45) is 3.71. The van der Waals surface area contributed by atoms with Crippen LogP contribution in [0, 0.1) is 0 Å². The van der Waals surface area contributed by atoms with Gasteiger partial charge in [0.15, 0.2) is 0 Å². The summed E-state index contributed by atoms with van der Waals surface area (Å²) >= 11 is 0. The molecule has 3 aliphatic rings. The fraction of sp³-hybridized carbons (Fsp3) is 0.500. The Morgan fingerprint density at radius 2 is 1.83 bits per heavy atom. The van der Waals surface area contributed by atoms with Crippen LogP contribution in [0.15, 0.2) is 24.3 Å². The third-order valence-electron chi connectivity index (χ3n) is 5.31. The Bertz CT molecular complexity index is 685. The Labute approximate surface area is 140 Å². The highest BCUT2D eigenvalue weighted by molar-refractivity contribution is 5.98. The number of benzene rings is 1. The zero-order valence-electron chi connectivity index (χ0n) is 13.5. The van der Waals surface area contributed by atoms with Crippen LogP contribution in [0.3, 0.4) is 0 Å². The number of amides is 3. The molecule has 1 aromatic carbocycles. The molecule has 126 valence electrons. The molecule has 4 rings (SSSR count). The van der Waals surface area contributed by atoms with Crippen LogP contribution in [0.25, 0.3) is 0 Å². The molecule has 1 N–H and O–H groups in total. The van der Waals surface area contributed by atoms with Gasteiger partial charge < -0.3 is 15.1 Å². The SMILES string of the molecule is O=C1CC2CCC(CN1)N2C(=O)c1ccc(N2CCCC2=O)cc1. The van der Waals surface area contributed by atoms with Crippen molar-refractivity contribution in [3.05, 3.63) is 29.8 Å². The molecule has 1 aromatic rings. The Hall–Kier alpha value is -2.37. The number of nitrogens with one attached hydrogen (secondary N) is 1. The van der Waals surface area contributed by atoms with Gasteiger partial charge in [-0.25, -0.2) is 0 Å². The van der Waals surface area contributed by atoms with Crippen molar-refractivity contribution in [1.82, 2.24) is 10.2 Å². The second-order valence-electron chi connectivity index (χ2n) is 6.80. The Morgan fingerprint density at radius 3 is 2.54 bits per heavy atom. The van der Waals surface area contributed by atoms with E-state index in [9.17, 15) is 14.4 Å². The zero-order chi connectivity index (χ0) is 16.7. The van der Waals surface area contributed by atoms with Gasteiger partial charge in [-0.05, 0) is 43.5 Å². The van der Waals surface area contributed by atoms with Gasteiger partial charge in [-0.15, -0.1) is 0 Å². The third kappa shape index (κ3) is 2.56. The van der Waals surface area contributed by atoms with Crippen molar-refractivity contribution in [2.24, 2.45) is 0 Å². The summed E-state index contributed by atoms with van der Waals surface area (Å²) in [6.45, 7) is 1.29. The smallest absolute Gasteiger partial charge is 0.254 e. The highest BCUT2D eigenvalue weighted by Crippen LogP contribution is 2.30. The molecule has 6 heteroatoms. The summed E-state index contributed by atoms with van der Waals surface area (Å²) in [5.41, 5.74) is 1.47. The molecule has 2 unspecified atom stereocenters. The minimum atomic E-state index is -0.0155. The fourth-order valence-corrected chi connectivity index (χ4v) is 4.07. The van der Waals surface area contributed by atoms with Crippen molar-refractivity contribution >= 4 is 23.4 Å². The Balaban J connectivity index is 1.54. The third-order valence-corrected chi connectivity index (χ3v) is 5.31. The van der Waals surface area contributed by atoms with Crippen molar-refractivity contribution in [3.8, 4) is 0 Å². The topological polar surface area (TPSA) is 69.7 Å². The standard InChI is InChI=1S/C18H21N3O3/c22-16-10-14-7-8-15(11-19-16)21(14)18(24)12-3-5-13(6-4-12)20-9-1-2-17(20)23/h3-6,14-15H,1-2,7-11H2,(H,19,22). The Kier molecular flexibility index (Phi) is 3.75. The van der Waals surface area contributed by atoms with E-state index in [0.29, 0.717) is 24.9 Å². The minimum absolute atomic E-state index is 0.00448. The molecule has 6 nitrogen and oxygen atoms in total. The van der Waals surface area contributed by atoms with Crippen molar-refractivity contribution in [2.45, 2.75) is 44.2 Å². The number of fused-ring (bicyclic) bond motifs is 2. The van der Waals surface area contributed by atoms with E-state index in [4.69, 9.17) is 0 Å². The summed E-state index contributed by atoms with van der Waals surface area (Å²) in [5.74, 6) is 0.158. The van der Waals surface area contributed by atoms with Crippen LogP contribution in [-0.4, -0.2) is 47.8 Å². The van der Waals surface area contributed by atoms with Crippen LogP contribution in [0.4, 0.5) is 5.69 Å². The van der Waals surface area contributed by atoms with Gasteiger partial charge in [0.25, 0.3) is 5.91 Å². The fourth-order valence-electron chi connectivity index (χ4n) is 4.07. The molecule has 3 aliphatic heterocycles. The van der Waals surface area contributed by atoms with Crippen LogP contribution in [0.5, 0.6) is 0 Å². The molecule has 0 radical (unpaired) electrons. The molecular weight excluding hydrogens is 306 g/mol. The van der Waals surface area contributed by atoms with E-state index in [2.05, 4.69) is 5.32 Å². The normalized spacial score (nSPS) is 26.5. The van der Waals surface area contributed by atoms with Gasteiger partial charge in [-0.1, -0.05) is 0 Å². The van der Waals surface area contributed by atoms with Crippen molar-refractivity contribution in [2.75, 3.05) is 18.0 Å². The van der Waals surface area contributed by atoms with Gasteiger partial charge in [0.1, 0.15) is 0 Å². The van der Waals surface area contributed by atoms with Gasteiger partial charge in [0, 0.05) is 49.3 Å². The molecule has 24 heavy (non-hydrogen) atoms. The Morgan fingerprint density at radius 1 is 1.08 bits per heavy atom. The van der Waals surface area contributed by atoms with Gasteiger partial charge >= 0.3 is 0 Å². The lowest BCUT2D eigenvalue weighted by Crippen LogP contribution is -2.42. The molecule has 3 saturated heterocycles. The van der Waals surface area contributed by atoms with Crippen molar-refractivity contribution < 1.29 is 14.4 Å². The van der Waals surface area contributed by atoms with Crippen LogP contribution < -0.4 is 10.2 Å². The predicted octanol–water partition coefficient (Wildman–Crippen LogP) is 1.31. The molecule has 2 atom stereocenters. The summed E-state index contributed by atoms with van der Waals surface area (Å²) in [5, 5.41) is 2.89. The van der Waals surface area contributed by atoms with Crippen molar-refractivity contribution in [3.63, 3.8) is 0 Å². The number of hydrogen-bond donors (Lipinski definition) is 1. The van der Waals surface area contributed by atoms with E-state index < -0.39 is 0 Å². The van der Waals surface area contributed by atoms with E-state index in [1.165, 1.54) is 0 Å². The summed E-state index contributed by atoms with van der Waals surface area (Å²) in [7, 11) is 0. The summed E-state index contributed by atoms with van der Waals surface area (Å²) < 4.78 is 0. The van der Waals surface area contributed by atoms with E-state index in [1.54, 1.807) is 17.0 Å². The number of anilines is 1. The molecule has 3 heterocycles. The van der Waals surface area contributed by atoms with E-state index in [-0.39, 0.29) is 29.8 Å². The molecular formula is C18H21N3O3. The monoisotopic (exact) mass is 327 g/mol. The lowest BCUT2D eigenvalue weighted by atomic mass is 10.1. The molecule has 3 fully saturated rings. The molecule has 0 spiro atoms. The average molecular weight is 327 g/mol. The minimum Gasteiger partial charge on any atom is -0.354 e. The maximum absolute atomic E-state index is 12.9. The van der Waals surface area contributed by atoms with Gasteiger partial charge in [-0.2, -0.15) is 0 Å². The summed E-state index contributed by atoms with van der Waals surface area (Å²) in [4.78, 5) is 40.1. The summed E-state index contributed by atoms with van der Waals surface area (Å²) in [6, 6.07) is 7.38. The molecule has 0 saturated carbocycles. The van der Waals surface area contributed by atoms with E-state index >= 15 is 0 Å². The van der Waals surface area contributed by atoms with Crippen LogP contribution in [-0.2, 0) is 9.59 Å².